The molecule has 4 aromatic carbocycles. The number of dihydropyridines is 1. The van der Waals surface area contributed by atoms with Crippen molar-refractivity contribution in [3.8, 4) is 34.5 Å². The van der Waals surface area contributed by atoms with Crippen LogP contribution < -0.4 is 20.1 Å². The predicted octanol–water partition coefficient (Wildman–Crippen LogP) is 9.63. The van der Waals surface area contributed by atoms with Crippen LogP contribution in [0.15, 0.2) is 115 Å². The van der Waals surface area contributed by atoms with E-state index in [2.05, 4.69) is 52.9 Å². The molecule has 0 radical (unpaired) electrons. The Morgan fingerprint density at radius 3 is 2.64 bits per heavy atom. The number of allylic oxidation sites excluding steroid dienone is 4. The SMILES string of the molecule is COc1cc(CCC(O)C2C(=O)CC(c3cc(O)c(O)c(OCC4C=CCC(C)C4)c3)CC3C=Cc4cc(O)cc5ccc(c3c45)NC3=CC(=CCN3)C23CCC(O)C3Cc2ccc[nH]2)ccc1O. The lowest BCUT2D eigenvalue weighted by Crippen LogP contribution is -2.50. The minimum Gasteiger partial charge on any atom is -0.508 e. The fourth-order valence-corrected chi connectivity index (χ4v) is 12.5. The summed E-state index contributed by atoms with van der Waals surface area (Å²) in [5.74, 6) is -1.26. The van der Waals surface area contributed by atoms with Crippen LogP contribution in [0, 0.1) is 29.1 Å². The van der Waals surface area contributed by atoms with Crippen LogP contribution in [0.2, 0.25) is 0 Å². The number of aliphatic hydroxyl groups is 2. The van der Waals surface area contributed by atoms with Gasteiger partial charge in [-0.2, -0.15) is 0 Å². The van der Waals surface area contributed by atoms with Gasteiger partial charge in [-0.1, -0.05) is 49.4 Å². The van der Waals surface area contributed by atoms with Crippen molar-refractivity contribution < 1.29 is 44.9 Å². The lowest BCUT2D eigenvalue weighted by atomic mass is 9.57. The number of aromatic amines is 1. The highest BCUT2D eigenvalue weighted by atomic mass is 16.5. The summed E-state index contributed by atoms with van der Waals surface area (Å²) in [6.07, 6.45) is 16.6. The number of carbonyl (C=O) groups excluding carboxylic acids is 1. The first-order chi connectivity index (χ1) is 33.4. The maximum absolute atomic E-state index is 16.2. The molecule has 0 amide bonds. The van der Waals surface area contributed by atoms with E-state index in [0.29, 0.717) is 62.5 Å². The van der Waals surface area contributed by atoms with E-state index >= 15 is 4.79 Å². The average Bonchev–Trinajstić information content (AvgIpc) is 3.98. The van der Waals surface area contributed by atoms with E-state index in [1.165, 1.54) is 13.2 Å². The van der Waals surface area contributed by atoms with Crippen LogP contribution in [-0.2, 0) is 17.6 Å². The van der Waals surface area contributed by atoms with Crippen LogP contribution >= 0.6 is 0 Å². The Kier molecular flexibility index (Phi) is 12.7. The van der Waals surface area contributed by atoms with E-state index in [9.17, 15) is 30.6 Å². The first-order valence-electron chi connectivity index (χ1n) is 24.5. The van der Waals surface area contributed by atoms with E-state index in [1.807, 2.05) is 36.5 Å². The molecule has 1 saturated carbocycles. The number of anilines is 1. The highest BCUT2D eigenvalue weighted by Crippen LogP contribution is 2.59. The summed E-state index contributed by atoms with van der Waals surface area (Å²) >= 11 is 0. The van der Waals surface area contributed by atoms with Crippen LogP contribution in [0.4, 0.5) is 5.69 Å². The van der Waals surface area contributed by atoms with E-state index in [0.717, 1.165) is 63.1 Å². The maximum atomic E-state index is 16.2. The summed E-state index contributed by atoms with van der Waals surface area (Å²) < 4.78 is 11.8. The molecule has 5 aromatic rings. The highest BCUT2D eigenvalue weighted by Gasteiger charge is 2.58. The third-order valence-electron chi connectivity index (χ3n) is 15.8. The Labute approximate surface area is 402 Å². The highest BCUT2D eigenvalue weighted by molar-refractivity contribution is 6.00. The largest absolute Gasteiger partial charge is 0.508 e. The van der Waals surface area contributed by atoms with Crippen LogP contribution in [0.5, 0.6) is 34.5 Å². The summed E-state index contributed by atoms with van der Waals surface area (Å²) in [7, 11) is 1.49. The number of hydrogen-bond donors (Lipinski definition) is 9. The standard InChI is InChI=1S/C57H63N3O9/c1-32-5-3-6-34(21-32)31-69-51-28-39(27-49(66)56(51)67)38-23-35-10-11-36-24-42(61)25-37-12-13-44(54(35)53(36)37)60-52-29-40(17-20-59-52)57(18-16-45(62)43(57)30-41-7-4-19-58-41)55(48(65)26-38)47(64)15-9-33-8-14-46(63)50(22-33)68-2/h3-4,6-8,10-14,17,19,22,24-25,27-29,32,34-35,38,43,45,47,55,58-64,66-67H,5,9,15-16,18,20-21,23,26,30-31H2,1-2H3. The second-order valence-corrected chi connectivity index (χ2v) is 20.2. The number of aromatic hydroxyl groups is 4. The molecule has 12 nitrogen and oxygen atoms in total. The number of phenols is 4. The van der Waals surface area contributed by atoms with Gasteiger partial charge in [0, 0.05) is 53.7 Å². The maximum Gasteiger partial charge on any atom is 0.200 e. The number of carbonyl (C=O) groups is 1. The van der Waals surface area contributed by atoms with E-state index in [1.54, 1.807) is 36.4 Å². The zero-order valence-electron chi connectivity index (χ0n) is 39.2. The third-order valence-corrected chi connectivity index (χ3v) is 15.8. The average molecular weight is 934 g/mol. The molecule has 9 unspecified atom stereocenters. The first-order valence-corrected chi connectivity index (χ1v) is 24.5. The van der Waals surface area contributed by atoms with Gasteiger partial charge in [-0.3, -0.25) is 4.79 Å². The fraction of sp³-hybridized carbons (Fsp3) is 0.386. The molecule has 3 aliphatic carbocycles. The number of aliphatic hydroxyl groups excluding tert-OH is 2. The number of aryl methyl sites for hydroxylation is 1. The second-order valence-electron chi connectivity index (χ2n) is 20.2. The Balaban J connectivity index is 1.14. The number of H-pyrrole nitrogens is 1. The van der Waals surface area contributed by atoms with E-state index in [-0.39, 0.29) is 59.2 Å². The number of benzene rings is 4. The van der Waals surface area contributed by atoms with Crippen LogP contribution in [-0.4, -0.2) is 73.9 Å². The molecule has 1 spiro atoms. The summed E-state index contributed by atoms with van der Waals surface area (Å²) in [5.41, 5.74) is 4.87. The van der Waals surface area contributed by atoms with Crippen molar-refractivity contribution in [3.63, 3.8) is 0 Å². The molecule has 1 aromatic heterocycles. The number of fused-ring (bicyclic) bond motifs is 2. The van der Waals surface area contributed by atoms with Crippen molar-refractivity contribution >= 4 is 28.3 Å². The van der Waals surface area contributed by atoms with Gasteiger partial charge < -0.3 is 55.7 Å². The molecule has 5 aliphatic rings. The van der Waals surface area contributed by atoms with Gasteiger partial charge in [-0.15, -0.1) is 0 Å². The van der Waals surface area contributed by atoms with Crippen LogP contribution in [0.1, 0.15) is 91.7 Å². The van der Waals surface area contributed by atoms with Crippen LogP contribution in [0.3, 0.4) is 0 Å². The zero-order chi connectivity index (χ0) is 48.0. The second kappa shape index (κ2) is 19.0. The molecule has 2 bridgehead atoms. The Bertz CT molecular complexity index is 2870. The number of phenolic OH excluding ortho intramolecular Hbond substituents is 4. The number of aromatic nitrogens is 1. The van der Waals surface area contributed by atoms with Crippen molar-refractivity contribution in [1.82, 2.24) is 10.3 Å². The third kappa shape index (κ3) is 8.96. The molecule has 9 atom stereocenters. The van der Waals surface area contributed by atoms with Gasteiger partial charge in [0.2, 0.25) is 5.75 Å². The lowest BCUT2D eigenvalue weighted by molar-refractivity contribution is -0.134. The summed E-state index contributed by atoms with van der Waals surface area (Å²) in [6.45, 7) is 2.94. The molecular formula is C57H63N3O9. The minimum absolute atomic E-state index is 0.00457. The molecule has 10 rings (SSSR count). The van der Waals surface area contributed by atoms with Crippen LogP contribution in [0.25, 0.3) is 16.8 Å². The van der Waals surface area contributed by atoms with Crippen molar-refractivity contribution in [2.45, 2.75) is 88.8 Å². The number of rotatable bonds is 11. The molecule has 1 fully saturated rings. The van der Waals surface area contributed by atoms with Crippen molar-refractivity contribution in [2.24, 2.45) is 29.1 Å². The molecule has 360 valence electrons. The minimum atomic E-state index is -1.18. The van der Waals surface area contributed by atoms with Gasteiger partial charge in [0.05, 0.1) is 31.8 Å². The zero-order valence-corrected chi connectivity index (χ0v) is 39.2. The summed E-state index contributed by atoms with van der Waals surface area (Å²) in [5, 5.41) is 78.3. The fourth-order valence-electron chi connectivity index (χ4n) is 12.5. The van der Waals surface area contributed by atoms with Crippen molar-refractivity contribution in [2.75, 3.05) is 25.6 Å². The lowest BCUT2D eigenvalue weighted by Gasteiger charge is -2.46. The first kappa shape index (κ1) is 46.1. The molecule has 0 saturated heterocycles. The quantitative estimate of drug-likeness (QED) is 0.0452. The van der Waals surface area contributed by atoms with E-state index < -0.39 is 35.4 Å². The number of Topliss-reactive ketones (excluding diaryl/α,β-unsaturated/α-hetero) is 1. The van der Waals surface area contributed by atoms with E-state index in [4.69, 9.17) is 9.47 Å². The van der Waals surface area contributed by atoms with Gasteiger partial charge in [-0.25, -0.2) is 0 Å². The number of ether oxygens (including phenoxy) is 2. The Hall–Kier alpha value is -6.63. The van der Waals surface area contributed by atoms with Gasteiger partial charge in [0.15, 0.2) is 23.0 Å². The summed E-state index contributed by atoms with van der Waals surface area (Å²) in [6, 6.07) is 19.9. The van der Waals surface area contributed by atoms with Gasteiger partial charge in [0.1, 0.15) is 17.4 Å². The molecule has 3 heterocycles. The monoisotopic (exact) mass is 933 g/mol. The molecule has 2 aliphatic heterocycles. The van der Waals surface area contributed by atoms with Crippen molar-refractivity contribution in [3.05, 3.63) is 143 Å². The molecular weight excluding hydrogens is 871 g/mol. The van der Waals surface area contributed by atoms with Gasteiger partial charge in [-0.05, 0) is 162 Å². The number of ketones is 1. The Morgan fingerprint density at radius 1 is 0.957 bits per heavy atom. The molecule has 12 heteroatoms. The molecule has 69 heavy (non-hydrogen) atoms. The predicted molar refractivity (Wildman–Crippen MR) is 267 cm³/mol. The van der Waals surface area contributed by atoms with Gasteiger partial charge >= 0.3 is 0 Å². The van der Waals surface area contributed by atoms with Crippen molar-refractivity contribution in [1.29, 1.82) is 0 Å². The topological polar surface area (TPSA) is 197 Å². The molecule has 9 N–H and O–H groups in total. The number of nitrogens with one attached hydrogen (secondary N) is 3. The van der Waals surface area contributed by atoms with Gasteiger partial charge in [0.25, 0.3) is 0 Å². The number of hydrogen-bond acceptors (Lipinski definition) is 11. The smallest absolute Gasteiger partial charge is 0.200 e. The normalized spacial score (nSPS) is 26.8. The Morgan fingerprint density at radius 2 is 1.83 bits per heavy atom. The summed E-state index contributed by atoms with van der Waals surface area (Å²) in [4.78, 5) is 19.5. The number of methoxy groups -OCH3 is 1.